The van der Waals surface area contributed by atoms with Crippen LogP contribution in [-0.4, -0.2) is 44.8 Å². The van der Waals surface area contributed by atoms with Gasteiger partial charge in [0.2, 0.25) is 11.8 Å². The zero-order valence-electron chi connectivity index (χ0n) is 20.5. The minimum absolute atomic E-state index is 0.184. The second kappa shape index (κ2) is 11.8. The van der Waals surface area contributed by atoms with Gasteiger partial charge in [-0.25, -0.2) is 14.8 Å². The van der Waals surface area contributed by atoms with E-state index in [1.165, 1.54) is 19.2 Å². The normalized spacial score (nSPS) is 16.1. The number of amides is 1. The molecule has 3 heterocycles. The van der Waals surface area contributed by atoms with Crippen molar-refractivity contribution in [1.29, 1.82) is 0 Å². The average molecular weight is 457 g/mol. The van der Waals surface area contributed by atoms with Gasteiger partial charge in [-0.15, -0.1) is 0 Å². The van der Waals surface area contributed by atoms with E-state index in [1.807, 2.05) is 39.8 Å². The minimum Gasteiger partial charge on any atom is -0.453 e. The highest BCUT2D eigenvalue weighted by atomic mass is 16.6. The van der Waals surface area contributed by atoms with Crippen LogP contribution in [0.4, 0.5) is 4.79 Å². The number of pyridine rings is 1. The van der Waals surface area contributed by atoms with E-state index >= 15 is 0 Å². The van der Waals surface area contributed by atoms with Crippen molar-refractivity contribution in [1.82, 2.24) is 19.9 Å². The molecule has 0 bridgehead atoms. The van der Waals surface area contributed by atoms with Crippen molar-refractivity contribution in [2.75, 3.05) is 6.54 Å². The fraction of sp³-hybridized carbons (Fsp3) is 0.600. The number of aromatic nitrogens is 3. The first-order valence-corrected chi connectivity index (χ1v) is 12.0. The van der Waals surface area contributed by atoms with Crippen LogP contribution in [0.15, 0.2) is 18.5 Å². The molecule has 0 spiro atoms. The molecule has 1 saturated heterocycles. The predicted octanol–water partition coefficient (Wildman–Crippen LogP) is 5.75. The number of piperidine rings is 1. The minimum atomic E-state index is -0.433. The maximum atomic E-state index is 12.5. The number of nitrogens with zero attached hydrogens (tertiary/aromatic N) is 4. The third kappa shape index (κ3) is 6.79. The largest absolute Gasteiger partial charge is 0.453 e. The average Bonchev–Trinajstić information content (AvgIpc) is 2.78. The first-order valence-electron chi connectivity index (χ1n) is 12.0. The molecule has 8 heteroatoms. The van der Waals surface area contributed by atoms with Crippen molar-refractivity contribution >= 4 is 6.09 Å². The van der Waals surface area contributed by atoms with Gasteiger partial charge in [0.1, 0.15) is 6.33 Å². The quantitative estimate of drug-likeness (QED) is 0.444. The van der Waals surface area contributed by atoms with Crippen LogP contribution in [0.5, 0.6) is 17.5 Å². The zero-order valence-corrected chi connectivity index (χ0v) is 20.5. The van der Waals surface area contributed by atoms with E-state index in [0.29, 0.717) is 29.6 Å². The fourth-order valence-electron chi connectivity index (χ4n) is 3.78. The Balaban J connectivity index is 1.72. The molecule has 1 amide bonds. The van der Waals surface area contributed by atoms with Crippen molar-refractivity contribution in [3.63, 3.8) is 0 Å². The molecular formula is C25H36N4O4. The van der Waals surface area contributed by atoms with Crippen LogP contribution in [0, 0.1) is 13.8 Å². The molecule has 2 aromatic heterocycles. The van der Waals surface area contributed by atoms with Crippen LogP contribution in [-0.2, 0) is 11.2 Å². The van der Waals surface area contributed by atoms with Gasteiger partial charge in [0.15, 0.2) is 12.0 Å². The van der Waals surface area contributed by atoms with Gasteiger partial charge in [-0.3, -0.25) is 9.88 Å². The lowest BCUT2D eigenvalue weighted by Crippen LogP contribution is -2.47. The number of aryl methyl sites for hydroxylation is 2. The second-order valence-electron chi connectivity index (χ2n) is 8.75. The number of hydrogen-bond acceptors (Lipinski definition) is 7. The number of carbonyl (C=O) groups excluding carboxylic acids is 1. The molecule has 0 N–H and O–H groups in total. The van der Waals surface area contributed by atoms with Crippen molar-refractivity contribution in [2.45, 2.75) is 91.9 Å². The molecule has 1 fully saturated rings. The first-order chi connectivity index (χ1) is 15.9. The lowest BCUT2D eigenvalue weighted by atomic mass is 10.1. The van der Waals surface area contributed by atoms with Crippen molar-refractivity contribution in [3.05, 3.63) is 35.4 Å². The molecule has 33 heavy (non-hydrogen) atoms. The van der Waals surface area contributed by atoms with Crippen LogP contribution in [0.2, 0.25) is 0 Å². The molecule has 3 rings (SSSR count). The van der Waals surface area contributed by atoms with Gasteiger partial charge in [0.05, 0.1) is 17.4 Å². The van der Waals surface area contributed by atoms with Gasteiger partial charge in [0.25, 0.3) is 0 Å². The zero-order chi connectivity index (χ0) is 23.8. The molecule has 1 aliphatic rings. The molecular weight excluding hydrogens is 420 g/mol. The van der Waals surface area contributed by atoms with Crippen LogP contribution in [0.1, 0.15) is 76.2 Å². The lowest BCUT2D eigenvalue weighted by Gasteiger charge is -2.35. The summed E-state index contributed by atoms with van der Waals surface area (Å²) in [6.07, 6.45) is 7.55. The van der Waals surface area contributed by atoms with Crippen LogP contribution in [0.3, 0.4) is 0 Å². The molecule has 8 nitrogen and oxygen atoms in total. The van der Waals surface area contributed by atoms with Crippen LogP contribution in [0.25, 0.3) is 0 Å². The number of rotatable bonds is 9. The van der Waals surface area contributed by atoms with E-state index in [4.69, 9.17) is 14.2 Å². The molecule has 180 valence electrons. The van der Waals surface area contributed by atoms with E-state index in [9.17, 15) is 4.79 Å². The molecule has 0 aliphatic carbocycles. The Labute approximate surface area is 196 Å². The highest BCUT2D eigenvalue weighted by Crippen LogP contribution is 2.31. The summed E-state index contributed by atoms with van der Waals surface area (Å²) in [7, 11) is 0. The third-order valence-corrected chi connectivity index (χ3v) is 5.60. The number of likely N-dealkylation sites (tertiary alicyclic amines) is 1. The van der Waals surface area contributed by atoms with Gasteiger partial charge < -0.3 is 14.2 Å². The van der Waals surface area contributed by atoms with E-state index in [1.54, 1.807) is 4.90 Å². The Morgan fingerprint density at radius 3 is 2.67 bits per heavy atom. The predicted molar refractivity (Wildman–Crippen MR) is 126 cm³/mol. The summed E-state index contributed by atoms with van der Waals surface area (Å²) in [6.45, 7) is 10.3. The van der Waals surface area contributed by atoms with Crippen molar-refractivity contribution < 1.29 is 19.0 Å². The third-order valence-electron chi connectivity index (χ3n) is 5.60. The standard InChI is InChI=1S/C25H36N4O4/c1-6-7-8-11-20-13-14-21(19(5)28-20)32-23-18(4)24(27-16-26-23)33-22-12-9-10-15-29(22)25(30)31-17(2)3/h13-14,16-17,22H,6-12,15H2,1-5H3. The Bertz CT molecular complexity index is 935. The summed E-state index contributed by atoms with van der Waals surface area (Å²) in [6, 6.07) is 3.95. The van der Waals surface area contributed by atoms with Gasteiger partial charge in [0, 0.05) is 18.7 Å². The van der Waals surface area contributed by atoms with E-state index < -0.39 is 6.23 Å². The SMILES string of the molecule is CCCCCc1ccc(Oc2ncnc(OC3CCCCN3C(=O)OC(C)C)c2C)c(C)n1. The monoisotopic (exact) mass is 456 g/mol. The molecule has 0 aromatic carbocycles. The lowest BCUT2D eigenvalue weighted by molar-refractivity contribution is -0.0167. The number of hydrogen-bond donors (Lipinski definition) is 0. The second-order valence-corrected chi connectivity index (χ2v) is 8.75. The Morgan fingerprint density at radius 1 is 1.15 bits per heavy atom. The molecule has 0 saturated carbocycles. The maximum Gasteiger partial charge on any atom is 0.412 e. The Morgan fingerprint density at radius 2 is 1.94 bits per heavy atom. The summed E-state index contributed by atoms with van der Waals surface area (Å²) in [5.41, 5.74) is 2.56. The summed E-state index contributed by atoms with van der Waals surface area (Å²) >= 11 is 0. The number of unbranched alkanes of at least 4 members (excludes halogenated alkanes) is 2. The summed E-state index contributed by atoms with van der Waals surface area (Å²) < 4.78 is 17.6. The van der Waals surface area contributed by atoms with Gasteiger partial charge in [-0.2, -0.15) is 0 Å². The fourth-order valence-corrected chi connectivity index (χ4v) is 3.78. The Kier molecular flexibility index (Phi) is 8.86. The highest BCUT2D eigenvalue weighted by Gasteiger charge is 2.31. The molecule has 1 atom stereocenters. The summed E-state index contributed by atoms with van der Waals surface area (Å²) in [5, 5.41) is 0. The topological polar surface area (TPSA) is 86.7 Å². The van der Waals surface area contributed by atoms with Crippen LogP contribution < -0.4 is 9.47 Å². The van der Waals surface area contributed by atoms with Crippen LogP contribution >= 0.6 is 0 Å². The Hall–Kier alpha value is -2.90. The number of carbonyl (C=O) groups is 1. The van der Waals surface area contributed by atoms with E-state index in [-0.39, 0.29) is 12.2 Å². The maximum absolute atomic E-state index is 12.5. The first kappa shape index (κ1) is 24.7. The van der Waals surface area contributed by atoms with Gasteiger partial charge in [-0.05, 0) is 65.5 Å². The summed E-state index contributed by atoms with van der Waals surface area (Å²) in [4.78, 5) is 27.4. The summed E-state index contributed by atoms with van der Waals surface area (Å²) in [5.74, 6) is 1.47. The van der Waals surface area contributed by atoms with E-state index in [2.05, 4.69) is 21.9 Å². The number of ether oxygens (including phenoxy) is 3. The van der Waals surface area contributed by atoms with Crippen molar-refractivity contribution in [2.24, 2.45) is 0 Å². The van der Waals surface area contributed by atoms with Gasteiger partial charge >= 0.3 is 6.09 Å². The van der Waals surface area contributed by atoms with E-state index in [0.717, 1.165) is 43.5 Å². The van der Waals surface area contributed by atoms with Crippen molar-refractivity contribution in [3.8, 4) is 17.5 Å². The molecule has 1 unspecified atom stereocenters. The molecule has 0 radical (unpaired) electrons. The molecule has 1 aliphatic heterocycles. The molecule has 2 aromatic rings. The smallest absolute Gasteiger partial charge is 0.412 e. The van der Waals surface area contributed by atoms with Gasteiger partial charge in [-0.1, -0.05) is 19.8 Å². The highest BCUT2D eigenvalue weighted by molar-refractivity contribution is 5.68.